The van der Waals surface area contributed by atoms with Gasteiger partial charge in [-0.05, 0) is 36.6 Å². The molecule has 0 aliphatic carbocycles. The second kappa shape index (κ2) is 4.88. The smallest absolute Gasteiger partial charge is 0.131 e. The van der Waals surface area contributed by atoms with Crippen molar-refractivity contribution in [1.29, 1.82) is 0 Å². The molecule has 0 fully saturated rings. The predicted octanol–water partition coefficient (Wildman–Crippen LogP) is 4.26. The number of benzene rings is 2. The molecule has 0 bridgehead atoms. The van der Waals surface area contributed by atoms with E-state index in [1.54, 1.807) is 6.07 Å². The van der Waals surface area contributed by atoms with E-state index < -0.39 is 0 Å². The van der Waals surface area contributed by atoms with Gasteiger partial charge in [0.05, 0.1) is 0 Å². The van der Waals surface area contributed by atoms with E-state index in [1.807, 2.05) is 44.2 Å². The third-order valence-corrected chi connectivity index (χ3v) is 2.62. The van der Waals surface area contributed by atoms with Crippen molar-refractivity contribution in [1.82, 2.24) is 0 Å². The highest BCUT2D eigenvalue weighted by Gasteiger charge is 2.08. The van der Waals surface area contributed by atoms with Crippen molar-refractivity contribution >= 4 is 0 Å². The lowest BCUT2D eigenvalue weighted by Gasteiger charge is -2.10. The monoisotopic (exact) mass is 220 g/mol. The molecule has 0 N–H and O–H groups in total. The Morgan fingerprint density at radius 3 is 1.94 bits per heavy atom. The normalized spacial score (nSPS) is 9.69. The van der Waals surface area contributed by atoms with Crippen molar-refractivity contribution in [2.45, 2.75) is 13.8 Å². The van der Waals surface area contributed by atoms with Crippen LogP contribution in [0.15, 0.2) is 42.5 Å². The fraction of sp³-hybridized carbons (Fsp3) is 0.143. The predicted molar refractivity (Wildman–Crippen MR) is 63.8 cm³/mol. The summed E-state index contributed by atoms with van der Waals surface area (Å²) in [6, 6.07) is 12.9. The van der Waals surface area contributed by atoms with Gasteiger partial charge < -0.3 is 0 Å². The maximum atomic E-state index is 13.6. The summed E-state index contributed by atoms with van der Waals surface area (Å²) in [6.45, 7) is 4.02. The third kappa shape index (κ3) is 2.11. The number of hydrogen-bond acceptors (Lipinski definition) is 0. The second-order valence-electron chi connectivity index (χ2n) is 3.75. The number of rotatable bonds is 1. The molecule has 2 aromatic carbocycles. The van der Waals surface area contributed by atoms with Gasteiger partial charge in [0.2, 0.25) is 0 Å². The zero-order chi connectivity index (χ0) is 10.8. The molecule has 0 nitrogen and oxygen atoms in total. The maximum Gasteiger partial charge on any atom is 0.131 e. The van der Waals surface area contributed by atoms with E-state index in [0.29, 0.717) is 5.56 Å². The summed E-state index contributed by atoms with van der Waals surface area (Å²) in [5.74, 6) is -0.157. The molecule has 84 valence electrons. The highest BCUT2D eigenvalue weighted by Crippen LogP contribution is 2.28. The van der Waals surface area contributed by atoms with E-state index in [-0.39, 0.29) is 10.5 Å². The van der Waals surface area contributed by atoms with E-state index in [4.69, 9.17) is 0 Å². The standard InChI is InChI=1S/C14H13F.FH/c1-10-6-5-7-11(2)14(10)12-8-3-4-9-13(12)15;/h3-9H,1-2H3;1H. The largest absolute Gasteiger partial charge is 0.269 e. The molecular weight excluding hydrogens is 206 g/mol. The van der Waals surface area contributed by atoms with Gasteiger partial charge in [-0.3, -0.25) is 4.70 Å². The highest BCUT2D eigenvalue weighted by molar-refractivity contribution is 5.71. The molecular formula is C14H14F2. The molecule has 0 saturated heterocycles. The van der Waals surface area contributed by atoms with Crippen LogP contribution in [0.25, 0.3) is 11.1 Å². The molecule has 0 heterocycles. The summed E-state index contributed by atoms with van der Waals surface area (Å²) in [5, 5.41) is 0. The zero-order valence-corrected chi connectivity index (χ0v) is 9.33. The van der Waals surface area contributed by atoms with Crippen LogP contribution in [0.2, 0.25) is 0 Å². The molecule has 0 unspecified atom stereocenters. The Kier molecular flexibility index (Phi) is 3.78. The Labute approximate surface area is 94.1 Å². The minimum absolute atomic E-state index is 0. The molecule has 2 aromatic rings. The van der Waals surface area contributed by atoms with E-state index in [0.717, 1.165) is 16.7 Å². The van der Waals surface area contributed by atoms with Gasteiger partial charge in [-0.1, -0.05) is 36.4 Å². The van der Waals surface area contributed by atoms with E-state index >= 15 is 0 Å². The molecule has 0 aliphatic rings. The van der Waals surface area contributed by atoms with Gasteiger partial charge in [0.25, 0.3) is 0 Å². The topological polar surface area (TPSA) is 0 Å². The molecule has 0 radical (unpaired) electrons. The van der Waals surface area contributed by atoms with Crippen LogP contribution in [-0.4, -0.2) is 0 Å². The summed E-state index contributed by atoms with van der Waals surface area (Å²) in [5.41, 5.74) is 3.92. The fourth-order valence-corrected chi connectivity index (χ4v) is 1.90. The van der Waals surface area contributed by atoms with Gasteiger partial charge in [-0.2, -0.15) is 0 Å². The van der Waals surface area contributed by atoms with Crippen molar-refractivity contribution in [3.8, 4) is 11.1 Å². The Bertz CT molecular complexity index is 470. The van der Waals surface area contributed by atoms with Gasteiger partial charge in [-0.25, -0.2) is 4.39 Å². The zero-order valence-electron chi connectivity index (χ0n) is 9.33. The molecule has 2 rings (SSSR count). The third-order valence-electron chi connectivity index (χ3n) is 2.62. The Morgan fingerprint density at radius 1 is 0.812 bits per heavy atom. The Morgan fingerprint density at radius 2 is 1.38 bits per heavy atom. The van der Waals surface area contributed by atoms with Crippen LogP contribution in [-0.2, 0) is 0 Å². The van der Waals surface area contributed by atoms with Crippen molar-refractivity contribution in [3.63, 3.8) is 0 Å². The first-order chi connectivity index (χ1) is 7.20. The summed E-state index contributed by atoms with van der Waals surface area (Å²) in [6.07, 6.45) is 0. The SMILES string of the molecule is Cc1cccc(C)c1-c1ccccc1F.F. The van der Waals surface area contributed by atoms with Crippen LogP contribution in [0.3, 0.4) is 0 Å². The average molecular weight is 220 g/mol. The molecule has 0 aliphatic heterocycles. The lowest BCUT2D eigenvalue weighted by atomic mass is 9.95. The van der Waals surface area contributed by atoms with E-state index in [1.165, 1.54) is 6.07 Å². The van der Waals surface area contributed by atoms with Crippen molar-refractivity contribution in [2.75, 3.05) is 0 Å². The first-order valence-corrected chi connectivity index (χ1v) is 5.01. The van der Waals surface area contributed by atoms with Gasteiger partial charge in [0.15, 0.2) is 0 Å². The molecule has 0 aromatic heterocycles. The van der Waals surface area contributed by atoms with Crippen LogP contribution in [0, 0.1) is 19.7 Å². The quantitative estimate of drug-likeness (QED) is 0.673. The first kappa shape index (κ1) is 12.4. The molecule has 16 heavy (non-hydrogen) atoms. The summed E-state index contributed by atoms with van der Waals surface area (Å²) in [4.78, 5) is 0. The van der Waals surface area contributed by atoms with Gasteiger partial charge in [0, 0.05) is 5.56 Å². The molecule has 0 atom stereocenters. The summed E-state index contributed by atoms with van der Waals surface area (Å²) >= 11 is 0. The number of halogens is 2. The van der Waals surface area contributed by atoms with Crippen LogP contribution in [0.5, 0.6) is 0 Å². The Hall–Kier alpha value is -1.70. The highest BCUT2D eigenvalue weighted by atomic mass is 19.1. The Balaban J connectivity index is 0.00000128. The number of aryl methyl sites for hydroxylation is 2. The summed E-state index contributed by atoms with van der Waals surface area (Å²) in [7, 11) is 0. The minimum atomic E-state index is -0.157. The maximum absolute atomic E-state index is 13.6. The molecule has 2 heteroatoms. The lowest BCUT2D eigenvalue weighted by Crippen LogP contribution is -1.90. The molecule has 0 amide bonds. The molecule has 0 spiro atoms. The van der Waals surface area contributed by atoms with Crippen LogP contribution in [0.1, 0.15) is 11.1 Å². The van der Waals surface area contributed by atoms with Crippen LogP contribution < -0.4 is 0 Å². The van der Waals surface area contributed by atoms with Gasteiger partial charge in [-0.15, -0.1) is 0 Å². The second-order valence-corrected chi connectivity index (χ2v) is 3.75. The number of hydrogen-bond donors (Lipinski definition) is 0. The van der Waals surface area contributed by atoms with Crippen LogP contribution >= 0.6 is 0 Å². The van der Waals surface area contributed by atoms with Crippen molar-refractivity contribution in [2.24, 2.45) is 0 Å². The minimum Gasteiger partial charge on any atom is -0.269 e. The average Bonchev–Trinajstić information content (AvgIpc) is 2.20. The fourth-order valence-electron chi connectivity index (χ4n) is 1.90. The first-order valence-electron chi connectivity index (χ1n) is 5.01. The van der Waals surface area contributed by atoms with E-state index in [9.17, 15) is 4.39 Å². The lowest BCUT2D eigenvalue weighted by molar-refractivity contribution is 0.631. The van der Waals surface area contributed by atoms with E-state index in [2.05, 4.69) is 0 Å². The summed E-state index contributed by atoms with van der Waals surface area (Å²) < 4.78 is 13.6. The van der Waals surface area contributed by atoms with Crippen molar-refractivity contribution in [3.05, 3.63) is 59.4 Å². The molecule has 0 saturated carbocycles. The van der Waals surface area contributed by atoms with Crippen molar-refractivity contribution < 1.29 is 9.09 Å². The van der Waals surface area contributed by atoms with Gasteiger partial charge in [0.1, 0.15) is 5.82 Å². The van der Waals surface area contributed by atoms with Gasteiger partial charge >= 0.3 is 0 Å². The van der Waals surface area contributed by atoms with Crippen LogP contribution in [0.4, 0.5) is 9.09 Å².